The predicted molar refractivity (Wildman–Crippen MR) is 69.5 cm³/mol. The number of esters is 1. The minimum atomic E-state index is -0.265. The van der Waals surface area contributed by atoms with Crippen molar-refractivity contribution in [2.75, 3.05) is 5.75 Å². The maximum absolute atomic E-state index is 11.1. The molecule has 4 heteroatoms. The number of ether oxygens (including phenoxy) is 2. The van der Waals surface area contributed by atoms with Gasteiger partial charge >= 0.3 is 5.97 Å². The summed E-state index contributed by atoms with van der Waals surface area (Å²) in [6, 6.07) is 0. The molecule has 1 aliphatic rings. The fourth-order valence-corrected chi connectivity index (χ4v) is 3.01. The Morgan fingerprint density at radius 3 is 2.59 bits per heavy atom. The molecule has 5 atom stereocenters. The molecule has 0 N–H and O–H groups in total. The summed E-state index contributed by atoms with van der Waals surface area (Å²) in [4.78, 5) is 11.1. The second-order valence-electron chi connectivity index (χ2n) is 4.52. The molecule has 2 unspecified atom stereocenters. The van der Waals surface area contributed by atoms with Gasteiger partial charge in [0.25, 0.3) is 0 Å². The van der Waals surface area contributed by atoms with Crippen LogP contribution in [-0.2, 0) is 14.3 Å². The molecule has 96 valence electrons. The third-order valence-corrected chi connectivity index (χ3v) is 4.38. The summed E-state index contributed by atoms with van der Waals surface area (Å²) in [6.45, 7) is 7.70. The molecule has 1 heterocycles. The van der Waals surface area contributed by atoms with Crippen molar-refractivity contribution < 1.29 is 14.3 Å². The molecule has 0 aliphatic carbocycles. The molecule has 17 heavy (non-hydrogen) atoms. The van der Waals surface area contributed by atoms with E-state index < -0.39 is 0 Å². The summed E-state index contributed by atoms with van der Waals surface area (Å²) in [7, 11) is 0. The van der Waals surface area contributed by atoms with Crippen LogP contribution in [-0.4, -0.2) is 29.4 Å². The molecule has 0 aromatic carbocycles. The molecule has 1 rings (SSSR count). The second-order valence-corrected chi connectivity index (χ2v) is 5.60. The highest BCUT2D eigenvalue weighted by Crippen LogP contribution is 2.36. The Morgan fingerprint density at radius 2 is 2.06 bits per heavy atom. The van der Waals surface area contributed by atoms with E-state index in [2.05, 4.69) is 26.7 Å². The van der Waals surface area contributed by atoms with Gasteiger partial charge in [0.15, 0.2) is 0 Å². The van der Waals surface area contributed by atoms with Crippen LogP contribution < -0.4 is 0 Å². The molecule has 0 amide bonds. The zero-order chi connectivity index (χ0) is 13.0. The van der Waals surface area contributed by atoms with Crippen LogP contribution in [0.1, 0.15) is 27.7 Å². The van der Waals surface area contributed by atoms with Gasteiger partial charge in [-0.05, 0) is 12.8 Å². The van der Waals surface area contributed by atoms with E-state index in [1.165, 1.54) is 18.7 Å². The largest absolute Gasteiger partial charge is 0.459 e. The summed E-state index contributed by atoms with van der Waals surface area (Å²) in [5.74, 6) is 3.51. The van der Waals surface area contributed by atoms with Crippen LogP contribution in [0.4, 0.5) is 0 Å². The van der Waals surface area contributed by atoms with Crippen LogP contribution in [0.3, 0.4) is 0 Å². The Hall–Kier alpha value is -0.660. The molecule has 1 aliphatic heterocycles. The molecular formula is C13H20O3S. The van der Waals surface area contributed by atoms with Gasteiger partial charge in [-0.1, -0.05) is 19.8 Å². The highest BCUT2D eigenvalue weighted by atomic mass is 32.2. The van der Waals surface area contributed by atoms with Crippen molar-refractivity contribution in [1.29, 1.82) is 0 Å². The number of carbonyl (C=O) groups excluding carboxylic acids is 1. The van der Waals surface area contributed by atoms with Crippen molar-refractivity contribution in [3.63, 3.8) is 0 Å². The van der Waals surface area contributed by atoms with E-state index in [4.69, 9.17) is 15.9 Å². The lowest BCUT2D eigenvalue weighted by Gasteiger charge is -2.42. The zero-order valence-corrected chi connectivity index (χ0v) is 11.6. The Labute approximate surface area is 108 Å². The van der Waals surface area contributed by atoms with Gasteiger partial charge in [0.2, 0.25) is 0 Å². The molecule has 0 saturated carbocycles. The van der Waals surface area contributed by atoms with Crippen molar-refractivity contribution in [2.45, 2.75) is 45.3 Å². The lowest BCUT2D eigenvalue weighted by atomic mass is 9.85. The average molecular weight is 256 g/mol. The summed E-state index contributed by atoms with van der Waals surface area (Å²) in [5.41, 5.74) is -0.156. The summed E-state index contributed by atoms with van der Waals surface area (Å²) in [5, 5.41) is 0. The minimum Gasteiger partial charge on any atom is -0.459 e. The first-order valence-electron chi connectivity index (χ1n) is 5.85. The molecule has 0 bridgehead atoms. The molecule has 3 nitrogen and oxygen atoms in total. The van der Waals surface area contributed by atoms with Gasteiger partial charge in [-0.15, -0.1) is 18.2 Å². The van der Waals surface area contributed by atoms with Gasteiger partial charge in [-0.25, -0.2) is 0 Å². The van der Waals surface area contributed by atoms with Crippen LogP contribution in [0.15, 0.2) is 0 Å². The Kier molecular flexibility index (Phi) is 5.35. The number of rotatable bonds is 3. The average Bonchev–Trinajstić information content (AvgIpc) is 2.27. The molecule has 0 spiro atoms. The van der Waals surface area contributed by atoms with Crippen molar-refractivity contribution in [2.24, 2.45) is 11.8 Å². The first kappa shape index (κ1) is 14.4. The van der Waals surface area contributed by atoms with E-state index in [0.29, 0.717) is 11.7 Å². The van der Waals surface area contributed by atoms with Crippen LogP contribution in [0.2, 0.25) is 0 Å². The van der Waals surface area contributed by atoms with Crippen LogP contribution in [0.5, 0.6) is 0 Å². The third kappa shape index (κ3) is 3.65. The second kappa shape index (κ2) is 6.32. The Bertz CT molecular complexity index is 310. The maximum atomic E-state index is 11.1. The van der Waals surface area contributed by atoms with E-state index >= 15 is 0 Å². The van der Waals surface area contributed by atoms with Gasteiger partial charge in [-0.3, -0.25) is 4.79 Å². The van der Waals surface area contributed by atoms with Gasteiger partial charge in [-0.2, -0.15) is 0 Å². The Morgan fingerprint density at radius 1 is 1.41 bits per heavy atom. The topological polar surface area (TPSA) is 35.5 Å². The van der Waals surface area contributed by atoms with E-state index in [1.54, 1.807) is 0 Å². The summed E-state index contributed by atoms with van der Waals surface area (Å²) >= 11 is 1.52. The molecule has 1 saturated heterocycles. The van der Waals surface area contributed by atoms with Crippen molar-refractivity contribution in [3.05, 3.63) is 0 Å². The van der Waals surface area contributed by atoms with E-state index in [0.717, 1.165) is 0 Å². The fourth-order valence-electron chi connectivity index (χ4n) is 2.01. The monoisotopic (exact) mass is 256 g/mol. The minimum absolute atomic E-state index is 0.156. The third-order valence-electron chi connectivity index (χ3n) is 3.34. The number of terminal acetylenes is 1. The lowest BCUT2D eigenvalue weighted by Crippen LogP contribution is -2.48. The summed E-state index contributed by atoms with van der Waals surface area (Å²) in [6.07, 6.45) is 5.20. The van der Waals surface area contributed by atoms with Gasteiger partial charge in [0, 0.05) is 12.8 Å². The molecular weight excluding hydrogens is 236 g/mol. The maximum Gasteiger partial charge on any atom is 0.303 e. The molecule has 0 radical (unpaired) electrons. The van der Waals surface area contributed by atoms with E-state index in [1.807, 2.05) is 0 Å². The number of thioether (sulfide) groups is 1. The smallest absolute Gasteiger partial charge is 0.303 e. The predicted octanol–water partition coefficient (Wildman–Crippen LogP) is 2.30. The van der Waals surface area contributed by atoms with Gasteiger partial charge in [0.05, 0.1) is 11.9 Å². The van der Waals surface area contributed by atoms with Crippen molar-refractivity contribution in [1.82, 2.24) is 0 Å². The van der Waals surface area contributed by atoms with Crippen molar-refractivity contribution in [3.8, 4) is 12.3 Å². The Balaban J connectivity index is 2.75. The quantitative estimate of drug-likeness (QED) is 0.573. The number of carbonyl (C=O) groups is 1. The van der Waals surface area contributed by atoms with Crippen LogP contribution >= 0.6 is 11.8 Å². The first-order chi connectivity index (χ1) is 7.97. The van der Waals surface area contributed by atoms with Gasteiger partial charge < -0.3 is 9.47 Å². The number of hydrogen-bond acceptors (Lipinski definition) is 4. The SMILES string of the molecule is C#CCS[C@@H]1OC(C)[C@H](C)[C@H](C)C1OC(C)=O. The molecule has 0 aromatic rings. The molecule has 0 aromatic heterocycles. The number of hydrogen-bond donors (Lipinski definition) is 0. The fraction of sp³-hybridized carbons (Fsp3) is 0.769. The normalized spacial score (nSPS) is 37.2. The van der Waals surface area contributed by atoms with Crippen LogP contribution in [0, 0.1) is 24.2 Å². The van der Waals surface area contributed by atoms with Crippen LogP contribution in [0.25, 0.3) is 0 Å². The highest BCUT2D eigenvalue weighted by Gasteiger charge is 2.41. The zero-order valence-electron chi connectivity index (χ0n) is 10.8. The lowest BCUT2D eigenvalue weighted by molar-refractivity contribution is -0.174. The van der Waals surface area contributed by atoms with Crippen molar-refractivity contribution >= 4 is 17.7 Å². The first-order valence-corrected chi connectivity index (χ1v) is 6.90. The van der Waals surface area contributed by atoms with Gasteiger partial charge in [0.1, 0.15) is 11.5 Å². The van der Waals surface area contributed by atoms with E-state index in [-0.39, 0.29) is 29.5 Å². The highest BCUT2D eigenvalue weighted by molar-refractivity contribution is 8.00. The van der Waals surface area contributed by atoms with E-state index in [9.17, 15) is 4.79 Å². The molecule has 1 fully saturated rings. The summed E-state index contributed by atoms with van der Waals surface area (Å²) < 4.78 is 11.3. The standard InChI is InChI=1S/C13H20O3S/c1-6-7-17-13-12(16-11(5)14)9(3)8(2)10(4)15-13/h1,8-10,12-13H,7H2,2-5H3/t8-,9+,10?,12?,13+/m1/s1.